The first-order valence-electron chi connectivity index (χ1n) is 5.19. The van der Waals surface area contributed by atoms with E-state index in [1.807, 2.05) is 34.7 Å². The first-order valence-corrected chi connectivity index (χ1v) is 5.19. The number of esters is 1. The van der Waals surface area contributed by atoms with Crippen LogP contribution in [0.4, 0.5) is 0 Å². The highest BCUT2D eigenvalue weighted by Crippen LogP contribution is 2.22. The van der Waals surface area contributed by atoms with Gasteiger partial charge < -0.3 is 4.74 Å². The minimum absolute atomic E-state index is 0.0657. The summed E-state index contributed by atoms with van der Waals surface area (Å²) in [6, 6.07) is 0. The van der Waals surface area contributed by atoms with Gasteiger partial charge in [-0.15, -0.1) is 0 Å². The van der Waals surface area contributed by atoms with Gasteiger partial charge in [0.15, 0.2) is 5.75 Å². The number of nitrogens with zero attached hydrogens (tertiary/aromatic N) is 2. The number of aryl methyl sites for hydroxylation is 2. The Morgan fingerprint density at radius 3 is 2.53 bits per heavy atom. The zero-order valence-electron chi connectivity index (χ0n) is 10.00. The molecular formula is C11H18N2O2. The Labute approximate surface area is 90.2 Å². The number of hydrogen-bond donors (Lipinski definition) is 0. The SMILES string of the molecule is CCC(C)C(=O)Oc1c(C)nn(C)c1C. The molecule has 0 radical (unpaired) electrons. The second-order valence-electron chi connectivity index (χ2n) is 3.85. The molecule has 84 valence electrons. The van der Waals surface area contributed by atoms with Crippen LogP contribution in [-0.2, 0) is 11.8 Å². The van der Waals surface area contributed by atoms with Crippen molar-refractivity contribution in [2.24, 2.45) is 13.0 Å². The smallest absolute Gasteiger partial charge is 0.314 e. The number of ether oxygens (including phenoxy) is 1. The van der Waals surface area contributed by atoms with E-state index in [1.54, 1.807) is 4.68 Å². The predicted molar refractivity (Wildman–Crippen MR) is 57.8 cm³/mol. The summed E-state index contributed by atoms with van der Waals surface area (Å²) >= 11 is 0. The van der Waals surface area contributed by atoms with Crippen LogP contribution in [0.3, 0.4) is 0 Å². The van der Waals surface area contributed by atoms with Gasteiger partial charge in [-0.05, 0) is 20.3 Å². The maximum absolute atomic E-state index is 11.6. The number of hydrogen-bond acceptors (Lipinski definition) is 3. The van der Waals surface area contributed by atoms with Gasteiger partial charge in [-0.2, -0.15) is 5.10 Å². The van der Waals surface area contributed by atoms with Crippen LogP contribution in [0.15, 0.2) is 0 Å². The molecule has 0 aliphatic heterocycles. The Bertz CT molecular complexity index is 369. The van der Waals surface area contributed by atoms with Gasteiger partial charge in [0.25, 0.3) is 0 Å². The zero-order chi connectivity index (χ0) is 11.6. The lowest BCUT2D eigenvalue weighted by atomic mass is 10.1. The molecule has 0 spiro atoms. The first-order chi connectivity index (χ1) is 6.97. The molecular weight excluding hydrogens is 192 g/mol. The maximum Gasteiger partial charge on any atom is 0.314 e. The summed E-state index contributed by atoms with van der Waals surface area (Å²) in [7, 11) is 1.84. The lowest BCUT2D eigenvalue weighted by Gasteiger charge is -2.08. The zero-order valence-corrected chi connectivity index (χ0v) is 10.00. The summed E-state index contributed by atoms with van der Waals surface area (Å²) in [5.74, 6) is 0.350. The lowest BCUT2D eigenvalue weighted by molar-refractivity contribution is -0.138. The molecule has 1 aromatic heterocycles. The third-order valence-corrected chi connectivity index (χ3v) is 2.66. The van der Waals surface area contributed by atoms with E-state index in [0.29, 0.717) is 5.75 Å². The summed E-state index contributed by atoms with van der Waals surface area (Å²) < 4.78 is 7.04. The van der Waals surface area contributed by atoms with Gasteiger partial charge in [0.1, 0.15) is 5.69 Å². The Morgan fingerprint density at radius 1 is 1.53 bits per heavy atom. The third-order valence-electron chi connectivity index (χ3n) is 2.66. The average Bonchev–Trinajstić information content (AvgIpc) is 2.43. The molecule has 0 aliphatic rings. The standard InChI is InChI=1S/C11H18N2O2/c1-6-7(2)11(14)15-10-8(3)12-13(5)9(10)4/h7H,6H2,1-5H3. The highest BCUT2D eigenvalue weighted by molar-refractivity contribution is 5.75. The van der Waals surface area contributed by atoms with Gasteiger partial charge >= 0.3 is 5.97 Å². The van der Waals surface area contributed by atoms with E-state index in [1.165, 1.54) is 0 Å². The number of aromatic nitrogens is 2. The van der Waals surface area contributed by atoms with Gasteiger partial charge in [-0.25, -0.2) is 0 Å². The predicted octanol–water partition coefficient (Wildman–Crippen LogP) is 1.99. The van der Waals surface area contributed by atoms with Crippen LogP contribution >= 0.6 is 0 Å². The normalized spacial score (nSPS) is 12.6. The summed E-state index contributed by atoms with van der Waals surface area (Å²) in [6.45, 7) is 7.56. The highest BCUT2D eigenvalue weighted by Gasteiger charge is 2.18. The molecule has 0 saturated heterocycles. The number of carbonyl (C=O) groups is 1. The summed E-state index contributed by atoms with van der Waals surface area (Å²) in [5, 5.41) is 4.19. The van der Waals surface area contributed by atoms with Crippen LogP contribution in [-0.4, -0.2) is 15.7 Å². The topological polar surface area (TPSA) is 44.1 Å². The van der Waals surface area contributed by atoms with E-state index >= 15 is 0 Å². The van der Waals surface area contributed by atoms with Crippen molar-refractivity contribution in [2.75, 3.05) is 0 Å². The van der Waals surface area contributed by atoms with Crippen molar-refractivity contribution in [3.63, 3.8) is 0 Å². The number of rotatable bonds is 3. The van der Waals surface area contributed by atoms with Crippen molar-refractivity contribution in [1.29, 1.82) is 0 Å². The van der Waals surface area contributed by atoms with Gasteiger partial charge in [-0.3, -0.25) is 9.48 Å². The molecule has 4 heteroatoms. The monoisotopic (exact) mass is 210 g/mol. The minimum Gasteiger partial charge on any atom is -0.422 e. The Kier molecular flexibility index (Phi) is 3.50. The van der Waals surface area contributed by atoms with Crippen LogP contribution in [0, 0.1) is 19.8 Å². The quantitative estimate of drug-likeness (QED) is 0.717. The van der Waals surface area contributed by atoms with Gasteiger partial charge in [0.2, 0.25) is 0 Å². The van der Waals surface area contributed by atoms with Crippen LogP contribution < -0.4 is 4.74 Å². The fourth-order valence-corrected chi connectivity index (χ4v) is 1.27. The van der Waals surface area contributed by atoms with Crippen molar-refractivity contribution in [3.8, 4) is 5.75 Å². The lowest BCUT2D eigenvalue weighted by Crippen LogP contribution is -2.17. The first kappa shape index (κ1) is 11.8. The summed E-state index contributed by atoms with van der Waals surface area (Å²) in [6.07, 6.45) is 0.789. The molecule has 0 bridgehead atoms. The second-order valence-corrected chi connectivity index (χ2v) is 3.85. The molecule has 4 nitrogen and oxygen atoms in total. The largest absolute Gasteiger partial charge is 0.422 e. The Hall–Kier alpha value is -1.32. The van der Waals surface area contributed by atoms with Crippen molar-refractivity contribution in [1.82, 2.24) is 9.78 Å². The van der Waals surface area contributed by atoms with Crippen molar-refractivity contribution >= 4 is 5.97 Å². The van der Waals surface area contributed by atoms with Gasteiger partial charge in [0, 0.05) is 7.05 Å². The molecule has 0 N–H and O–H groups in total. The van der Waals surface area contributed by atoms with Crippen molar-refractivity contribution < 1.29 is 9.53 Å². The fourth-order valence-electron chi connectivity index (χ4n) is 1.27. The molecule has 0 fully saturated rings. The highest BCUT2D eigenvalue weighted by atomic mass is 16.5. The molecule has 0 saturated carbocycles. The van der Waals surface area contributed by atoms with E-state index in [0.717, 1.165) is 17.8 Å². The number of carbonyl (C=O) groups excluding carboxylic acids is 1. The molecule has 1 unspecified atom stereocenters. The molecule has 1 aromatic rings. The molecule has 15 heavy (non-hydrogen) atoms. The van der Waals surface area contributed by atoms with Gasteiger partial charge in [-0.1, -0.05) is 13.8 Å². The molecule has 1 atom stereocenters. The Morgan fingerprint density at radius 2 is 2.13 bits per heavy atom. The summed E-state index contributed by atoms with van der Waals surface area (Å²) in [5.41, 5.74) is 1.64. The van der Waals surface area contributed by atoms with Crippen LogP contribution in [0.1, 0.15) is 31.7 Å². The molecule has 0 aliphatic carbocycles. The molecule has 0 aromatic carbocycles. The van der Waals surface area contributed by atoms with E-state index < -0.39 is 0 Å². The van der Waals surface area contributed by atoms with E-state index in [9.17, 15) is 4.79 Å². The molecule has 1 heterocycles. The maximum atomic E-state index is 11.6. The van der Waals surface area contributed by atoms with Crippen LogP contribution in [0.5, 0.6) is 5.75 Å². The molecule has 0 amide bonds. The third kappa shape index (κ3) is 2.37. The van der Waals surface area contributed by atoms with Crippen LogP contribution in [0.25, 0.3) is 0 Å². The van der Waals surface area contributed by atoms with Crippen molar-refractivity contribution in [3.05, 3.63) is 11.4 Å². The van der Waals surface area contributed by atoms with E-state index in [4.69, 9.17) is 4.74 Å². The second kappa shape index (κ2) is 4.47. The summed E-state index contributed by atoms with van der Waals surface area (Å²) in [4.78, 5) is 11.6. The minimum atomic E-state index is -0.184. The average molecular weight is 210 g/mol. The van der Waals surface area contributed by atoms with Crippen molar-refractivity contribution in [2.45, 2.75) is 34.1 Å². The van der Waals surface area contributed by atoms with E-state index in [-0.39, 0.29) is 11.9 Å². The Balaban J connectivity index is 2.85. The van der Waals surface area contributed by atoms with Gasteiger partial charge in [0.05, 0.1) is 11.6 Å². The van der Waals surface area contributed by atoms with Crippen LogP contribution in [0.2, 0.25) is 0 Å². The molecule has 1 rings (SSSR count). The fraction of sp³-hybridized carbons (Fsp3) is 0.636. The van der Waals surface area contributed by atoms with E-state index in [2.05, 4.69) is 5.10 Å².